The number of rotatable bonds is 28. The van der Waals surface area contributed by atoms with Gasteiger partial charge in [-0.1, -0.05) is 191 Å². The Labute approximate surface area is 804 Å². The molecule has 0 spiro atoms. The lowest BCUT2D eigenvalue weighted by Crippen LogP contribution is -2.58. The number of pyridine rings is 2. The van der Waals surface area contributed by atoms with Crippen LogP contribution in [0.4, 0.5) is 22.7 Å². The van der Waals surface area contributed by atoms with Crippen LogP contribution in [0.5, 0.6) is 23.3 Å². The zero-order valence-electron chi connectivity index (χ0n) is 77.2. The zero-order chi connectivity index (χ0) is 97.4. The SMILES string of the molecule is C=C[C@@H]1C[C@]1(NC(=O)[C@@H]1C[C@@H](Oc2ncc(OC)c3ccc(Cl)cc23)CN1)C(=O)NS(=O)(=O)C1CC1.C=C[C@@H]1C[C@]1(NC(=O)[C@@H]1C[C@@H](Oc2ncc(OC)c3ccc(Cl)cc23)CN1C(=O)C(Nc1ccccc1)C(C)(C)C)C(=O)NS(=O)(=O)C1CC1.CC(C)(C)C(=O)C(=O)O.CC(C)(C)C(Nc1ccccc1)C(=O)O.CC(C)(C)C(Nc1ccccc1)C(=O)O.Cl.Cl.Nc1ccccc1. The molecule has 8 aromatic rings. The number of para-hydroxylation sites is 4. The molecule has 2 saturated heterocycles. The van der Waals surface area contributed by atoms with Crippen LogP contribution in [0.2, 0.25) is 10.0 Å². The molecule has 6 aliphatic rings. The van der Waals surface area contributed by atoms with E-state index in [-0.39, 0.29) is 78.8 Å². The van der Waals surface area contributed by atoms with Crippen LogP contribution in [0.1, 0.15) is 134 Å². The number of nitrogen functional groups attached to an aromatic ring is 1. The summed E-state index contributed by atoms with van der Waals surface area (Å²) in [5.41, 5.74) is 3.78. The number of Topliss-reactive ketones (excluding diaryl/α,β-unsaturated/α-hetero) is 1. The number of hydrogen-bond acceptors (Lipinski definition) is 24. The van der Waals surface area contributed by atoms with E-state index in [1.807, 2.05) is 190 Å². The molecule has 4 aliphatic carbocycles. The highest BCUT2D eigenvalue weighted by molar-refractivity contribution is 7.91. The van der Waals surface area contributed by atoms with E-state index in [0.29, 0.717) is 83.3 Å². The van der Waals surface area contributed by atoms with Crippen molar-refractivity contribution in [1.82, 2.24) is 40.3 Å². The topological polar surface area (TPSA) is 471 Å². The fourth-order valence-electron chi connectivity index (χ4n) is 14.6. The van der Waals surface area contributed by atoms with Crippen molar-refractivity contribution in [2.24, 2.45) is 33.5 Å². The van der Waals surface area contributed by atoms with Crippen molar-refractivity contribution in [3.05, 3.63) is 205 Å². The Bertz CT molecular complexity index is 5660. The Morgan fingerprint density at radius 3 is 1.20 bits per heavy atom. The lowest BCUT2D eigenvalue weighted by atomic mass is 9.85. The largest absolute Gasteiger partial charge is 0.494 e. The Balaban J connectivity index is 0.000000251. The molecule has 726 valence electrons. The number of carboxylic acids is 3. The number of nitrogens with two attached hydrogens (primary N) is 1. The number of sulfonamides is 2. The summed E-state index contributed by atoms with van der Waals surface area (Å²) in [6.45, 7) is 29.9. The van der Waals surface area contributed by atoms with E-state index < -0.39 is 142 Å². The summed E-state index contributed by atoms with van der Waals surface area (Å²) >= 11 is 12.5. The average Bonchev–Trinajstić information content (AvgIpc) is 1.58. The van der Waals surface area contributed by atoms with Gasteiger partial charge in [-0.3, -0.25) is 38.2 Å². The van der Waals surface area contributed by atoms with Crippen LogP contribution in [0.3, 0.4) is 0 Å². The molecule has 2 aromatic heterocycles. The summed E-state index contributed by atoms with van der Waals surface area (Å²) in [5, 5.41) is 47.1. The number of ether oxygens (including phenoxy) is 4. The second-order valence-electron chi connectivity index (χ2n) is 37.3. The molecule has 2 aliphatic heterocycles. The molecule has 4 heterocycles. The van der Waals surface area contributed by atoms with Crippen molar-refractivity contribution in [2.75, 3.05) is 49.0 Å². The van der Waals surface area contributed by atoms with Crippen molar-refractivity contribution < 1.29 is 94.3 Å². The Morgan fingerprint density at radius 2 is 0.888 bits per heavy atom. The molecule has 134 heavy (non-hydrogen) atoms. The second kappa shape index (κ2) is 46.1. The van der Waals surface area contributed by atoms with Crippen LogP contribution in [-0.4, -0.2) is 192 Å². The number of nitrogens with one attached hydrogen (secondary N) is 8. The molecule has 13 N–H and O–H groups in total. The normalized spacial score (nSPS) is 20.4. The molecule has 11 atom stereocenters. The molecule has 0 bridgehead atoms. The minimum Gasteiger partial charge on any atom is -0.494 e. The number of amides is 5. The number of carboxylic acid groups (broad SMARTS) is 3. The van der Waals surface area contributed by atoms with Gasteiger partial charge >= 0.3 is 17.9 Å². The number of carbonyl (C=O) groups is 9. The first-order chi connectivity index (χ1) is 61.9. The number of ketones is 1. The number of aliphatic carboxylic acids is 3. The number of nitrogens with zero attached hydrogens (tertiary/aromatic N) is 3. The Hall–Kier alpha value is -11.5. The van der Waals surface area contributed by atoms with E-state index in [2.05, 4.69) is 64.5 Å². The predicted molar refractivity (Wildman–Crippen MR) is 523 cm³/mol. The van der Waals surface area contributed by atoms with Crippen molar-refractivity contribution in [1.29, 1.82) is 0 Å². The van der Waals surface area contributed by atoms with Gasteiger partial charge in [-0.2, -0.15) is 0 Å². The number of likely N-dealkylation sites (tertiary alicyclic amines) is 1. The lowest BCUT2D eigenvalue weighted by Gasteiger charge is -2.36. The maximum atomic E-state index is 14.6. The van der Waals surface area contributed by atoms with Crippen LogP contribution in [0, 0.1) is 33.5 Å². The zero-order valence-corrected chi connectivity index (χ0v) is 82.0. The van der Waals surface area contributed by atoms with Crippen LogP contribution in [0.25, 0.3) is 21.5 Å². The van der Waals surface area contributed by atoms with E-state index in [0.717, 1.165) is 33.5 Å². The number of hydrogen-bond donors (Lipinski definition) is 12. The van der Waals surface area contributed by atoms with Gasteiger partial charge in [0.1, 0.15) is 59.0 Å². The van der Waals surface area contributed by atoms with E-state index in [4.69, 9.17) is 63.2 Å². The van der Waals surface area contributed by atoms with Gasteiger partial charge in [0.15, 0.2) is 0 Å². The summed E-state index contributed by atoms with van der Waals surface area (Å²) in [5.74, 6) is -5.72. The summed E-state index contributed by atoms with van der Waals surface area (Å²) in [6.07, 6.45) is 8.05. The first-order valence-electron chi connectivity index (χ1n) is 43.0. The van der Waals surface area contributed by atoms with Crippen LogP contribution in [0.15, 0.2) is 195 Å². The van der Waals surface area contributed by atoms with Crippen molar-refractivity contribution >= 4 is 166 Å². The Kier molecular flexibility index (Phi) is 37.7. The van der Waals surface area contributed by atoms with Gasteiger partial charge < -0.3 is 76.8 Å². The van der Waals surface area contributed by atoms with E-state index in [9.17, 15) is 60.0 Å². The number of anilines is 4. The summed E-state index contributed by atoms with van der Waals surface area (Å²) in [7, 11) is -4.51. The molecule has 38 heteroatoms. The van der Waals surface area contributed by atoms with Crippen LogP contribution in [-0.2, 0) is 63.2 Å². The first-order valence-corrected chi connectivity index (χ1v) is 46.9. The van der Waals surface area contributed by atoms with Crippen molar-refractivity contribution in [3.8, 4) is 23.3 Å². The van der Waals surface area contributed by atoms with E-state index >= 15 is 0 Å². The third-order valence-electron chi connectivity index (χ3n) is 22.6. The molecule has 14 rings (SSSR count). The fraction of sp³-hybridized carbons (Fsp3) is 0.427. The highest BCUT2D eigenvalue weighted by Crippen LogP contribution is 2.48. The van der Waals surface area contributed by atoms with Crippen LogP contribution >= 0.6 is 48.0 Å². The third kappa shape index (κ3) is 29.5. The summed E-state index contributed by atoms with van der Waals surface area (Å²) < 4.78 is 77.6. The minimum absolute atomic E-state index is 0. The van der Waals surface area contributed by atoms with Gasteiger partial charge in [-0.15, -0.1) is 38.0 Å². The highest BCUT2D eigenvalue weighted by Gasteiger charge is 2.63. The third-order valence-corrected chi connectivity index (χ3v) is 26.7. The summed E-state index contributed by atoms with van der Waals surface area (Å²) in [6, 6.07) is 44.5. The summed E-state index contributed by atoms with van der Waals surface area (Å²) in [4.78, 5) is 121. The number of aromatic nitrogens is 2. The maximum absolute atomic E-state index is 14.6. The highest BCUT2D eigenvalue weighted by atomic mass is 35.5. The number of methoxy groups -OCH3 is 2. The molecule has 3 unspecified atom stereocenters. The molecule has 6 aromatic carbocycles. The quantitative estimate of drug-likeness (QED) is 0.0123. The number of carbonyl (C=O) groups excluding carboxylic acids is 6. The van der Waals surface area contributed by atoms with Gasteiger partial charge in [0.25, 0.3) is 11.8 Å². The van der Waals surface area contributed by atoms with Gasteiger partial charge in [-0.25, -0.2) is 41.2 Å². The van der Waals surface area contributed by atoms with Gasteiger partial charge in [0.05, 0.1) is 49.7 Å². The van der Waals surface area contributed by atoms with E-state index in [1.165, 1.54) is 24.3 Å². The molecule has 32 nitrogen and oxygen atoms in total. The number of halogens is 4. The minimum atomic E-state index is -3.87. The van der Waals surface area contributed by atoms with Gasteiger partial charge in [-0.05, 0) is 140 Å². The second-order valence-corrected chi connectivity index (χ2v) is 42.1. The smallest absolute Gasteiger partial charge is 0.372 e. The molecule has 6 fully saturated rings. The monoisotopic (exact) mass is 1970 g/mol. The fourth-order valence-corrected chi connectivity index (χ4v) is 17.6. The van der Waals surface area contributed by atoms with Gasteiger partial charge in [0, 0.05) is 91.0 Å². The average molecular weight is 1970 g/mol. The van der Waals surface area contributed by atoms with Crippen molar-refractivity contribution in [3.63, 3.8) is 0 Å². The molecule has 5 amide bonds. The molecular formula is C96H122Cl4N12O20S2. The lowest BCUT2D eigenvalue weighted by molar-refractivity contribution is -0.152. The number of fused-ring (bicyclic) bond motifs is 2. The number of benzene rings is 6. The Morgan fingerprint density at radius 1 is 0.522 bits per heavy atom. The first kappa shape index (κ1) is 109. The molecule has 4 saturated carbocycles. The molecular weight excluding hydrogens is 1850 g/mol. The van der Waals surface area contributed by atoms with Gasteiger partial charge in [0.2, 0.25) is 55.3 Å². The maximum Gasteiger partial charge on any atom is 0.372 e. The standard InChI is InChI=1S/C36H42ClN5O7S.C24H27ClN4O6S.2C12H17NO2.C6H7N.C6H10O3.2ClH/c1-6-21-18-36(21,34(45)41-50(46,47)25-13-14-25)40-31(43)28-17-24(49-32-27-16-22(37)12-15-26(27)29(48-5)19-38-32)20-42(28)33(44)30(35(2,3)4)39-23-10-8-7-9-11-23;1-3-13-10-24(13,23(31)29-36(32,33)16-5-6-16)28-21(30)19-9-15(11-26-19)35-22-18-8-14(25)4-7-17(18)20(34-2)12-27-22;2*1-12(2,3)10(11(14)15)13-9-7-5-4-6-8-9;7-6-4-2-1-3-5-6;1-6(2,3)4(7)5(8)9;;/h6-12,15-16,19,21,24-25,28,30,39H,1,13-14,17-18,20H2,2-5H3,(H,40,43)(H,41,45);3-4,7-8,12-13,15-16,19,26H,1,5-6,9-11H2,2H3,(H,28,30)(H,29,31);2*4-8,10,13H,1-3H3,(H,14,15);1-5H,7H2;1-3H3,(H,8,9);2*1H/t21-,24-,28+,30?,36-;13-,15-,19+,24-;;;;;;/m11....../s1. The van der Waals surface area contributed by atoms with Crippen LogP contribution < -0.4 is 66.0 Å². The van der Waals surface area contributed by atoms with E-state index in [1.54, 1.807) is 70.5 Å². The van der Waals surface area contributed by atoms with Crippen molar-refractivity contribution in [2.45, 2.75) is 198 Å². The predicted octanol–water partition coefficient (Wildman–Crippen LogP) is 14.1. The molecule has 0 radical (unpaired) electrons.